The third kappa shape index (κ3) is 4.36. The highest BCUT2D eigenvalue weighted by Gasteiger charge is 2.01. The molecule has 0 aliphatic heterocycles. The molecule has 0 aliphatic carbocycles. The van der Waals surface area contributed by atoms with Crippen molar-refractivity contribution in [1.82, 2.24) is 0 Å². The van der Waals surface area contributed by atoms with Crippen molar-refractivity contribution in [3.8, 4) is 5.75 Å². The molecule has 0 saturated heterocycles. The van der Waals surface area contributed by atoms with Gasteiger partial charge >= 0.3 is 0 Å². The molecule has 1 aromatic heterocycles. The molecule has 2 aromatic rings. The van der Waals surface area contributed by atoms with Gasteiger partial charge in [-0.2, -0.15) is 0 Å². The second-order valence-corrected chi connectivity index (χ2v) is 5.10. The summed E-state index contributed by atoms with van der Waals surface area (Å²) in [6.07, 6.45) is 0. The fourth-order valence-electron chi connectivity index (χ4n) is 1.73. The molecular formula is C16H21NO2. The summed E-state index contributed by atoms with van der Waals surface area (Å²) in [6, 6.07) is 12.0. The van der Waals surface area contributed by atoms with Gasteiger partial charge < -0.3 is 14.5 Å². The van der Waals surface area contributed by atoms with Crippen molar-refractivity contribution in [2.45, 2.75) is 27.3 Å². The molecule has 0 amide bonds. The summed E-state index contributed by atoms with van der Waals surface area (Å²) in [5.41, 5.74) is 1.04. The first-order valence-electron chi connectivity index (χ1n) is 6.65. The van der Waals surface area contributed by atoms with Gasteiger partial charge in [0.15, 0.2) is 0 Å². The zero-order chi connectivity index (χ0) is 13.7. The third-order valence-corrected chi connectivity index (χ3v) is 2.68. The molecule has 19 heavy (non-hydrogen) atoms. The standard InChI is InChI=1S/C16H21NO2/c1-12(2)11-18-15-6-4-5-14(9-15)17-10-16-8-7-13(3)19-16/h4-9,12,17H,10-11H2,1-3H3. The number of rotatable bonds is 6. The van der Waals surface area contributed by atoms with Gasteiger partial charge in [0.1, 0.15) is 17.3 Å². The smallest absolute Gasteiger partial charge is 0.123 e. The lowest BCUT2D eigenvalue weighted by Crippen LogP contribution is -2.05. The van der Waals surface area contributed by atoms with Crippen LogP contribution in [0.4, 0.5) is 5.69 Å². The van der Waals surface area contributed by atoms with E-state index < -0.39 is 0 Å². The maximum absolute atomic E-state index is 5.70. The van der Waals surface area contributed by atoms with Crippen molar-refractivity contribution in [2.75, 3.05) is 11.9 Å². The second kappa shape index (κ2) is 6.32. The zero-order valence-electron chi connectivity index (χ0n) is 11.8. The average Bonchev–Trinajstić information content (AvgIpc) is 2.80. The van der Waals surface area contributed by atoms with Crippen LogP contribution < -0.4 is 10.1 Å². The molecule has 3 heteroatoms. The van der Waals surface area contributed by atoms with Crippen LogP contribution in [0.3, 0.4) is 0 Å². The van der Waals surface area contributed by atoms with E-state index in [0.29, 0.717) is 12.5 Å². The number of ether oxygens (including phenoxy) is 1. The molecule has 0 unspecified atom stereocenters. The van der Waals surface area contributed by atoms with Crippen molar-refractivity contribution >= 4 is 5.69 Å². The Kier molecular flexibility index (Phi) is 4.50. The summed E-state index contributed by atoms with van der Waals surface area (Å²) in [6.45, 7) is 7.65. The lowest BCUT2D eigenvalue weighted by molar-refractivity contribution is 0.271. The summed E-state index contributed by atoms with van der Waals surface area (Å²) in [5.74, 6) is 3.30. The number of benzene rings is 1. The summed E-state index contributed by atoms with van der Waals surface area (Å²) >= 11 is 0. The Morgan fingerprint density at radius 2 is 2.05 bits per heavy atom. The molecule has 2 rings (SSSR count). The first kappa shape index (κ1) is 13.5. The molecule has 0 atom stereocenters. The van der Waals surface area contributed by atoms with Gasteiger partial charge in [0.2, 0.25) is 0 Å². The molecule has 1 heterocycles. The fraction of sp³-hybridized carbons (Fsp3) is 0.375. The van der Waals surface area contributed by atoms with Gasteiger partial charge in [-0.25, -0.2) is 0 Å². The quantitative estimate of drug-likeness (QED) is 0.842. The minimum absolute atomic E-state index is 0.530. The van der Waals surface area contributed by atoms with E-state index in [-0.39, 0.29) is 0 Å². The molecule has 0 spiro atoms. The van der Waals surface area contributed by atoms with Gasteiger partial charge in [-0.05, 0) is 37.1 Å². The van der Waals surface area contributed by atoms with Crippen molar-refractivity contribution in [1.29, 1.82) is 0 Å². The largest absolute Gasteiger partial charge is 0.493 e. The van der Waals surface area contributed by atoms with Gasteiger partial charge in [0.25, 0.3) is 0 Å². The lowest BCUT2D eigenvalue weighted by atomic mass is 10.2. The molecule has 0 saturated carbocycles. The number of nitrogens with one attached hydrogen (secondary N) is 1. The predicted molar refractivity (Wildman–Crippen MR) is 77.5 cm³/mol. The Morgan fingerprint density at radius 1 is 1.21 bits per heavy atom. The normalized spacial score (nSPS) is 10.7. The van der Waals surface area contributed by atoms with Crippen LogP contribution in [0.1, 0.15) is 25.4 Å². The summed E-state index contributed by atoms with van der Waals surface area (Å²) < 4.78 is 11.2. The van der Waals surface area contributed by atoms with E-state index in [2.05, 4.69) is 19.2 Å². The van der Waals surface area contributed by atoms with Gasteiger partial charge in [-0.1, -0.05) is 19.9 Å². The van der Waals surface area contributed by atoms with E-state index in [4.69, 9.17) is 9.15 Å². The molecule has 3 nitrogen and oxygen atoms in total. The van der Waals surface area contributed by atoms with Crippen LogP contribution in [0.15, 0.2) is 40.8 Å². The minimum Gasteiger partial charge on any atom is -0.493 e. The first-order chi connectivity index (χ1) is 9.13. The monoisotopic (exact) mass is 259 g/mol. The van der Waals surface area contributed by atoms with Crippen molar-refractivity contribution in [2.24, 2.45) is 5.92 Å². The Hall–Kier alpha value is -1.90. The molecule has 1 N–H and O–H groups in total. The molecule has 0 bridgehead atoms. The van der Waals surface area contributed by atoms with E-state index in [1.165, 1.54) is 0 Å². The van der Waals surface area contributed by atoms with Crippen molar-refractivity contribution in [3.63, 3.8) is 0 Å². The van der Waals surface area contributed by atoms with Crippen LogP contribution in [0, 0.1) is 12.8 Å². The van der Waals surface area contributed by atoms with Crippen molar-refractivity contribution in [3.05, 3.63) is 47.9 Å². The van der Waals surface area contributed by atoms with Crippen LogP contribution >= 0.6 is 0 Å². The number of hydrogen-bond acceptors (Lipinski definition) is 3. The van der Waals surface area contributed by atoms with Gasteiger partial charge in [-0.3, -0.25) is 0 Å². The fourth-order valence-corrected chi connectivity index (χ4v) is 1.73. The van der Waals surface area contributed by atoms with E-state index >= 15 is 0 Å². The van der Waals surface area contributed by atoms with E-state index in [0.717, 1.165) is 29.6 Å². The van der Waals surface area contributed by atoms with E-state index in [9.17, 15) is 0 Å². The summed E-state index contributed by atoms with van der Waals surface area (Å²) in [4.78, 5) is 0. The maximum Gasteiger partial charge on any atom is 0.123 e. The Bertz CT molecular complexity index is 517. The molecule has 102 valence electrons. The van der Waals surface area contributed by atoms with Crippen LogP contribution in [-0.4, -0.2) is 6.61 Å². The second-order valence-electron chi connectivity index (χ2n) is 5.10. The van der Waals surface area contributed by atoms with Crippen LogP contribution in [0.5, 0.6) is 5.75 Å². The predicted octanol–water partition coefficient (Wildman–Crippen LogP) is 4.23. The Balaban J connectivity index is 1.91. The maximum atomic E-state index is 5.70. The Labute approximate surface area is 114 Å². The first-order valence-corrected chi connectivity index (χ1v) is 6.65. The highest BCUT2D eigenvalue weighted by Crippen LogP contribution is 2.19. The van der Waals surface area contributed by atoms with Crippen LogP contribution in [0.2, 0.25) is 0 Å². The molecule has 1 aromatic carbocycles. The third-order valence-electron chi connectivity index (χ3n) is 2.68. The lowest BCUT2D eigenvalue weighted by Gasteiger charge is -2.10. The minimum atomic E-state index is 0.530. The molecular weight excluding hydrogens is 238 g/mol. The van der Waals surface area contributed by atoms with Gasteiger partial charge in [0.05, 0.1) is 13.2 Å². The van der Waals surface area contributed by atoms with Crippen LogP contribution in [0.25, 0.3) is 0 Å². The highest BCUT2D eigenvalue weighted by molar-refractivity contribution is 5.48. The summed E-state index contributed by atoms with van der Waals surface area (Å²) in [5, 5.41) is 3.33. The van der Waals surface area contributed by atoms with E-state index in [1.807, 2.05) is 43.3 Å². The van der Waals surface area contributed by atoms with E-state index in [1.54, 1.807) is 0 Å². The average molecular weight is 259 g/mol. The number of anilines is 1. The number of hydrogen-bond donors (Lipinski definition) is 1. The Morgan fingerprint density at radius 3 is 2.74 bits per heavy atom. The zero-order valence-corrected chi connectivity index (χ0v) is 11.8. The number of aryl methyl sites for hydroxylation is 1. The van der Waals surface area contributed by atoms with Crippen LogP contribution in [-0.2, 0) is 6.54 Å². The van der Waals surface area contributed by atoms with Crippen molar-refractivity contribution < 1.29 is 9.15 Å². The molecule has 0 fully saturated rings. The topological polar surface area (TPSA) is 34.4 Å². The highest BCUT2D eigenvalue weighted by atomic mass is 16.5. The van der Waals surface area contributed by atoms with Gasteiger partial charge in [0, 0.05) is 11.8 Å². The number of furan rings is 1. The summed E-state index contributed by atoms with van der Waals surface area (Å²) in [7, 11) is 0. The molecule has 0 radical (unpaired) electrons. The molecule has 0 aliphatic rings. The SMILES string of the molecule is Cc1ccc(CNc2cccc(OCC(C)C)c2)o1. The van der Waals surface area contributed by atoms with Gasteiger partial charge in [-0.15, -0.1) is 0 Å².